The fourth-order valence-corrected chi connectivity index (χ4v) is 1.21. The van der Waals surface area contributed by atoms with Crippen LogP contribution in [0.2, 0.25) is 0 Å². The van der Waals surface area contributed by atoms with E-state index >= 15 is 0 Å². The van der Waals surface area contributed by atoms with Gasteiger partial charge in [-0.2, -0.15) is 11.3 Å². The number of rotatable bonds is 0. The van der Waals surface area contributed by atoms with Crippen molar-refractivity contribution in [2.75, 3.05) is 0 Å². The third kappa shape index (κ3) is 7.14. The van der Waals surface area contributed by atoms with Crippen molar-refractivity contribution < 1.29 is 0 Å². The quantitative estimate of drug-likeness (QED) is 0.585. The van der Waals surface area contributed by atoms with Crippen LogP contribution < -0.4 is 0 Å². The van der Waals surface area contributed by atoms with Gasteiger partial charge in [0.05, 0.1) is 0 Å². The Hall–Kier alpha value is -1.96. The van der Waals surface area contributed by atoms with Crippen LogP contribution in [0.15, 0.2) is 53.2 Å². The number of hydrogen-bond donors (Lipinski definition) is 0. The molecule has 0 nitrogen and oxygen atoms in total. The first-order valence-corrected chi connectivity index (χ1v) is 5.20. The molecule has 2 aromatic rings. The summed E-state index contributed by atoms with van der Waals surface area (Å²) < 4.78 is 0. The van der Waals surface area contributed by atoms with E-state index in [1.54, 1.807) is 11.3 Å². The smallest absolute Gasteiger partial charge is 0.0242 e. The average molecular weight is 212 g/mol. The lowest BCUT2D eigenvalue weighted by Crippen LogP contribution is -1.66. The molecular weight excluding hydrogens is 200 g/mol. The van der Waals surface area contributed by atoms with Gasteiger partial charge in [0.15, 0.2) is 0 Å². The number of thiophene rings is 1. The molecule has 1 heterocycles. The minimum Gasteiger partial charge on any atom is -0.152 e. The largest absolute Gasteiger partial charge is 0.152 e. The van der Waals surface area contributed by atoms with Gasteiger partial charge in [-0.05, 0) is 22.9 Å². The highest BCUT2D eigenvalue weighted by Crippen LogP contribution is 1.93. The molecule has 0 bridgehead atoms. The van der Waals surface area contributed by atoms with Crippen molar-refractivity contribution in [1.82, 2.24) is 0 Å². The summed E-state index contributed by atoms with van der Waals surface area (Å²) in [6.07, 6.45) is 13.1. The Bertz CT molecular complexity index is 359. The predicted molar refractivity (Wildman–Crippen MR) is 68.6 cm³/mol. The summed E-state index contributed by atoms with van der Waals surface area (Å²) in [5.41, 5.74) is 0.938. The molecule has 0 atom stereocenters. The zero-order valence-electron chi connectivity index (χ0n) is 8.34. The van der Waals surface area contributed by atoms with Crippen LogP contribution in [-0.4, -0.2) is 0 Å². The Morgan fingerprint density at radius 2 is 1.40 bits per heavy atom. The molecule has 0 aliphatic heterocycles. The maximum Gasteiger partial charge on any atom is 0.0242 e. The summed E-state index contributed by atoms with van der Waals surface area (Å²) in [7, 11) is 0. The molecule has 0 saturated heterocycles. The molecule has 0 N–H and O–H groups in total. The summed E-state index contributed by atoms with van der Waals surface area (Å²) >= 11 is 1.71. The molecule has 1 heteroatoms. The first-order chi connectivity index (χ1) is 7.43. The Balaban J connectivity index is 0.000000241. The van der Waals surface area contributed by atoms with Gasteiger partial charge in [-0.25, -0.2) is 0 Å². The first-order valence-electron chi connectivity index (χ1n) is 4.25. The molecule has 2 rings (SSSR count). The van der Waals surface area contributed by atoms with Gasteiger partial charge in [0.1, 0.15) is 0 Å². The van der Waals surface area contributed by atoms with Gasteiger partial charge >= 0.3 is 0 Å². The Morgan fingerprint density at radius 1 is 0.867 bits per heavy atom. The Kier molecular flexibility index (Phi) is 8.80. The predicted octanol–water partition coefficient (Wildman–Crippen LogP) is 3.67. The van der Waals surface area contributed by atoms with Crippen LogP contribution in [0.5, 0.6) is 0 Å². The highest BCUT2D eigenvalue weighted by atomic mass is 32.1. The Labute approximate surface area is 95.6 Å². The number of benzene rings is 1. The highest BCUT2D eigenvalue weighted by molar-refractivity contribution is 7.07. The van der Waals surface area contributed by atoms with Crippen LogP contribution in [0.1, 0.15) is 5.56 Å². The van der Waals surface area contributed by atoms with Crippen molar-refractivity contribution in [3.8, 4) is 25.2 Å². The first kappa shape index (κ1) is 13.0. The van der Waals surface area contributed by atoms with Gasteiger partial charge in [0.25, 0.3) is 0 Å². The summed E-state index contributed by atoms with van der Waals surface area (Å²) in [6, 6.07) is 13.6. The van der Waals surface area contributed by atoms with E-state index in [9.17, 15) is 0 Å². The van der Waals surface area contributed by atoms with Gasteiger partial charge in [-0.1, -0.05) is 36.3 Å². The van der Waals surface area contributed by atoms with Crippen molar-refractivity contribution in [1.29, 1.82) is 0 Å². The topological polar surface area (TPSA) is 0 Å². The van der Waals surface area contributed by atoms with Crippen molar-refractivity contribution in [3.05, 3.63) is 58.8 Å². The molecule has 1 aromatic heterocycles. The monoisotopic (exact) mass is 212 g/mol. The number of terminal acetylenes is 2. The minimum atomic E-state index is 0.938. The van der Waals surface area contributed by atoms with E-state index < -0.39 is 0 Å². The average Bonchev–Trinajstić information content (AvgIpc) is 2.92. The lowest BCUT2D eigenvalue weighted by molar-refractivity contribution is 1.65. The van der Waals surface area contributed by atoms with Crippen molar-refractivity contribution >= 4 is 11.3 Å². The van der Waals surface area contributed by atoms with Crippen molar-refractivity contribution in [3.63, 3.8) is 0 Å². The second-order valence-electron chi connectivity index (χ2n) is 2.30. The van der Waals surface area contributed by atoms with Crippen LogP contribution in [0.4, 0.5) is 0 Å². The molecule has 0 fully saturated rings. The molecule has 0 radical (unpaired) electrons. The van der Waals surface area contributed by atoms with Crippen molar-refractivity contribution in [2.45, 2.75) is 0 Å². The highest BCUT2D eigenvalue weighted by Gasteiger charge is 1.76. The van der Waals surface area contributed by atoms with Crippen LogP contribution >= 0.6 is 11.3 Å². The minimum absolute atomic E-state index is 0.938. The van der Waals surface area contributed by atoms with Gasteiger partial charge in [-0.3, -0.25) is 0 Å². The summed E-state index contributed by atoms with van der Waals surface area (Å²) in [5.74, 6) is 2.53. The molecule has 15 heavy (non-hydrogen) atoms. The second kappa shape index (κ2) is 10.1. The molecule has 0 spiro atoms. The molecular formula is C14H12S. The summed E-state index contributed by atoms with van der Waals surface area (Å²) in [6.45, 7) is 0. The third-order valence-electron chi connectivity index (χ3n) is 1.37. The number of hydrogen-bond acceptors (Lipinski definition) is 1. The molecule has 0 aliphatic rings. The lowest BCUT2D eigenvalue weighted by Gasteiger charge is -1.82. The van der Waals surface area contributed by atoms with E-state index in [0.29, 0.717) is 0 Å². The van der Waals surface area contributed by atoms with E-state index in [2.05, 4.69) is 18.8 Å². The summed E-state index contributed by atoms with van der Waals surface area (Å²) in [4.78, 5) is 0. The molecule has 0 amide bonds. The van der Waals surface area contributed by atoms with E-state index in [-0.39, 0.29) is 0 Å². The molecule has 1 aromatic carbocycles. The standard InChI is InChI=1S/C8H6.C4H4S.C2H2/c1-2-8-6-4-3-5-7-8;1-2-4-5-3-1;1-2/h1,3-7H;1-4H;1-2H. The second-order valence-corrected chi connectivity index (χ2v) is 3.12. The van der Waals surface area contributed by atoms with Gasteiger partial charge in [0, 0.05) is 5.56 Å². The third-order valence-corrected chi connectivity index (χ3v) is 1.99. The van der Waals surface area contributed by atoms with E-state index in [1.807, 2.05) is 53.2 Å². The van der Waals surface area contributed by atoms with E-state index in [1.165, 1.54) is 0 Å². The lowest BCUT2D eigenvalue weighted by atomic mass is 10.2. The van der Waals surface area contributed by atoms with E-state index in [4.69, 9.17) is 6.42 Å². The van der Waals surface area contributed by atoms with Crippen LogP contribution in [-0.2, 0) is 0 Å². The SMILES string of the molecule is C#C.C#Cc1ccccc1.c1ccsc1. The van der Waals surface area contributed by atoms with Crippen LogP contribution in [0.3, 0.4) is 0 Å². The van der Waals surface area contributed by atoms with Gasteiger partial charge in [0.2, 0.25) is 0 Å². The van der Waals surface area contributed by atoms with Crippen LogP contribution in [0, 0.1) is 25.2 Å². The van der Waals surface area contributed by atoms with Crippen LogP contribution in [0.25, 0.3) is 0 Å². The van der Waals surface area contributed by atoms with Gasteiger partial charge < -0.3 is 0 Å². The van der Waals surface area contributed by atoms with Crippen molar-refractivity contribution in [2.24, 2.45) is 0 Å². The maximum atomic E-state index is 5.10. The fraction of sp³-hybridized carbons (Fsp3) is 0. The summed E-state index contributed by atoms with van der Waals surface area (Å²) in [5, 5.41) is 4.08. The van der Waals surface area contributed by atoms with E-state index in [0.717, 1.165) is 5.56 Å². The fourth-order valence-electron chi connectivity index (χ4n) is 0.761. The maximum absolute atomic E-state index is 5.10. The molecule has 74 valence electrons. The zero-order chi connectivity index (χ0) is 11.4. The normalized spacial score (nSPS) is 7.00. The molecule has 0 unspecified atom stereocenters. The molecule has 0 aliphatic carbocycles. The zero-order valence-corrected chi connectivity index (χ0v) is 9.15. The Morgan fingerprint density at radius 3 is 1.67 bits per heavy atom. The van der Waals surface area contributed by atoms with Gasteiger partial charge in [-0.15, -0.1) is 19.3 Å². The molecule has 0 saturated carbocycles.